The fourth-order valence-corrected chi connectivity index (χ4v) is 0.671. The van der Waals surface area contributed by atoms with Gasteiger partial charge in [0.2, 0.25) is 7.58 Å². The van der Waals surface area contributed by atoms with Crippen molar-refractivity contribution < 1.29 is 9.42 Å². The molecule has 0 radical (unpaired) electrons. The predicted molar refractivity (Wildman–Crippen MR) is 29.7 cm³/mol. The number of hydrogen-bond acceptors (Lipinski definition) is 3. The minimum Gasteiger partial charge on any atom is -0.342 e. The van der Waals surface area contributed by atoms with Gasteiger partial charge in [-0.3, -0.25) is 0 Å². The second-order valence-electron chi connectivity index (χ2n) is 0.603. The number of hydrogen-bond donors (Lipinski definition) is 1. The van der Waals surface area contributed by atoms with Gasteiger partial charge in [-0.25, -0.2) is 0 Å². The molecule has 0 aromatic rings. The van der Waals surface area contributed by atoms with Crippen LogP contribution in [0.1, 0.15) is 0 Å². The van der Waals surface area contributed by atoms with Crippen LogP contribution in [0.4, 0.5) is 0 Å². The summed E-state index contributed by atoms with van der Waals surface area (Å²) in [5.74, 6) is 0. The first-order valence-corrected chi connectivity index (χ1v) is 4.42. The molecule has 1 unspecified atom stereocenters. The van der Waals surface area contributed by atoms with Gasteiger partial charge in [-0.1, -0.05) is 11.4 Å². The molecule has 0 saturated heterocycles. The Morgan fingerprint density at radius 2 is 2.33 bits per heavy atom. The molecule has 0 saturated carbocycles. The molecule has 6 heavy (non-hydrogen) atoms. The number of rotatable bonds is 2. The van der Waals surface area contributed by atoms with Crippen LogP contribution in [-0.4, -0.2) is 18.3 Å². The molecular weight excluding hydrogens is 119 g/mol. The van der Waals surface area contributed by atoms with E-state index in [1.165, 1.54) is 18.5 Å². The van der Waals surface area contributed by atoms with E-state index in [9.17, 15) is 0 Å². The van der Waals surface area contributed by atoms with E-state index in [2.05, 4.69) is 4.52 Å². The first kappa shape index (κ1) is 6.70. The first-order valence-electron chi connectivity index (χ1n) is 1.38. The van der Waals surface area contributed by atoms with Crippen molar-refractivity contribution in [2.75, 3.05) is 13.4 Å². The molecule has 0 heterocycles. The lowest BCUT2D eigenvalue weighted by atomic mass is 11.8. The van der Waals surface area contributed by atoms with E-state index in [1.54, 1.807) is 6.26 Å². The highest BCUT2D eigenvalue weighted by atomic mass is 32.7. The van der Waals surface area contributed by atoms with Crippen molar-refractivity contribution in [1.29, 1.82) is 0 Å². The van der Waals surface area contributed by atoms with Crippen LogP contribution in [0.5, 0.6) is 0 Å². The summed E-state index contributed by atoms with van der Waals surface area (Å²) in [6.07, 6.45) is 1.80. The zero-order valence-electron chi connectivity index (χ0n) is 3.71. The minimum absolute atomic E-state index is 1.16. The molecule has 4 heteroatoms. The Hall–Kier alpha value is 0.700. The van der Waals surface area contributed by atoms with Crippen molar-refractivity contribution in [2.24, 2.45) is 0 Å². The van der Waals surface area contributed by atoms with Gasteiger partial charge in [0.05, 0.1) is 0 Å². The van der Waals surface area contributed by atoms with E-state index in [1.807, 2.05) is 0 Å². The monoisotopic (exact) mass is 126 g/mol. The summed E-state index contributed by atoms with van der Waals surface area (Å²) in [4.78, 5) is 8.47. The van der Waals surface area contributed by atoms with E-state index >= 15 is 0 Å². The Morgan fingerprint density at radius 1 is 1.83 bits per heavy atom. The normalized spacial score (nSPS) is 14.5. The fourth-order valence-electron chi connectivity index (χ4n) is 0.0745. The van der Waals surface area contributed by atoms with Crippen LogP contribution in [0.3, 0.4) is 0 Å². The molecule has 0 aliphatic rings. The van der Waals surface area contributed by atoms with Crippen LogP contribution in [0.25, 0.3) is 0 Å². The van der Waals surface area contributed by atoms with Crippen LogP contribution in [0.15, 0.2) is 0 Å². The molecular formula is C2H7O2PS. The molecule has 0 aromatic heterocycles. The molecule has 0 spiro atoms. The van der Waals surface area contributed by atoms with E-state index in [0.717, 1.165) is 0 Å². The maximum Gasteiger partial charge on any atom is 0.234 e. The van der Waals surface area contributed by atoms with E-state index in [4.69, 9.17) is 4.89 Å². The Kier molecular flexibility index (Phi) is 4.33. The molecule has 0 aliphatic heterocycles. The van der Waals surface area contributed by atoms with Gasteiger partial charge in [-0.15, -0.1) is 0 Å². The van der Waals surface area contributed by atoms with Gasteiger partial charge < -0.3 is 9.42 Å². The van der Waals surface area contributed by atoms with Gasteiger partial charge in [0.25, 0.3) is 0 Å². The van der Waals surface area contributed by atoms with Gasteiger partial charge >= 0.3 is 0 Å². The maximum absolute atomic E-state index is 8.47. The van der Waals surface area contributed by atoms with Gasteiger partial charge in [0, 0.05) is 7.11 Å². The highest BCUT2D eigenvalue weighted by Crippen LogP contribution is 2.42. The molecule has 0 amide bonds. The highest BCUT2D eigenvalue weighted by molar-refractivity contribution is 8.52. The summed E-state index contributed by atoms with van der Waals surface area (Å²) >= 11 is 1.32. The van der Waals surface area contributed by atoms with Gasteiger partial charge in [0.1, 0.15) is 0 Å². The van der Waals surface area contributed by atoms with Crippen molar-refractivity contribution in [3.05, 3.63) is 0 Å². The molecule has 1 atom stereocenters. The van der Waals surface area contributed by atoms with Crippen LogP contribution in [0, 0.1) is 0 Å². The van der Waals surface area contributed by atoms with Crippen molar-refractivity contribution in [3.63, 3.8) is 0 Å². The fraction of sp³-hybridized carbons (Fsp3) is 1.00. The minimum atomic E-state index is -1.16. The lowest BCUT2D eigenvalue weighted by molar-refractivity contribution is 0.407. The average molecular weight is 126 g/mol. The zero-order valence-corrected chi connectivity index (χ0v) is 5.42. The molecule has 0 bridgehead atoms. The highest BCUT2D eigenvalue weighted by Gasteiger charge is 1.93. The summed E-state index contributed by atoms with van der Waals surface area (Å²) in [5.41, 5.74) is 0. The van der Waals surface area contributed by atoms with E-state index in [-0.39, 0.29) is 0 Å². The average Bonchev–Trinajstić information content (AvgIpc) is 1.65. The van der Waals surface area contributed by atoms with Gasteiger partial charge in [-0.2, -0.15) is 0 Å². The summed E-state index contributed by atoms with van der Waals surface area (Å²) in [7, 11) is 0.329. The third kappa shape index (κ3) is 2.91. The lowest BCUT2D eigenvalue weighted by Gasteiger charge is -1.97. The molecule has 1 N–H and O–H groups in total. The summed E-state index contributed by atoms with van der Waals surface area (Å²) in [6, 6.07) is 0. The van der Waals surface area contributed by atoms with E-state index < -0.39 is 7.58 Å². The Labute approximate surface area is 42.6 Å². The SMILES string of the molecule is COP(O)SC. The van der Waals surface area contributed by atoms with Gasteiger partial charge in [0.15, 0.2) is 0 Å². The molecule has 2 nitrogen and oxygen atoms in total. The van der Waals surface area contributed by atoms with Crippen LogP contribution >= 0.6 is 19.0 Å². The van der Waals surface area contributed by atoms with Gasteiger partial charge in [-0.05, 0) is 6.26 Å². The Bertz CT molecular complexity index is 30.7. The second kappa shape index (κ2) is 3.88. The summed E-state index contributed by atoms with van der Waals surface area (Å²) in [5, 5.41) is 0. The predicted octanol–water partition coefficient (Wildman–Crippen LogP) is 1.21. The largest absolute Gasteiger partial charge is 0.342 e. The topological polar surface area (TPSA) is 29.5 Å². The Morgan fingerprint density at radius 3 is 2.33 bits per heavy atom. The van der Waals surface area contributed by atoms with Crippen molar-refractivity contribution in [2.45, 2.75) is 0 Å². The molecule has 0 aromatic carbocycles. The smallest absolute Gasteiger partial charge is 0.234 e. The third-order valence-electron chi connectivity index (χ3n) is 0.312. The Balaban J connectivity index is 2.75. The quantitative estimate of drug-likeness (QED) is 0.564. The lowest BCUT2D eigenvalue weighted by Crippen LogP contribution is -1.64. The van der Waals surface area contributed by atoms with Crippen LogP contribution in [-0.2, 0) is 4.52 Å². The van der Waals surface area contributed by atoms with Crippen LogP contribution in [0.2, 0.25) is 0 Å². The van der Waals surface area contributed by atoms with Crippen LogP contribution < -0.4 is 0 Å². The second-order valence-corrected chi connectivity index (χ2v) is 3.84. The molecule has 0 aliphatic carbocycles. The van der Waals surface area contributed by atoms with Crippen molar-refractivity contribution in [3.8, 4) is 0 Å². The summed E-state index contributed by atoms with van der Waals surface area (Å²) < 4.78 is 4.48. The first-order chi connectivity index (χ1) is 2.81. The van der Waals surface area contributed by atoms with Crippen molar-refractivity contribution in [1.82, 2.24) is 0 Å². The van der Waals surface area contributed by atoms with E-state index in [0.29, 0.717) is 0 Å². The molecule has 38 valence electrons. The maximum atomic E-state index is 8.47. The standard InChI is InChI=1S/C2H7O2PS/c1-4-5(3)6-2/h3H,1-2H3. The molecule has 0 fully saturated rings. The molecule has 0 rings (SSSR count). The summed E-state index contributed by atoms with van der Waals surface area (Å²) in [6.45, 7) is 0. The third-order valence-corrected chi connectivity index (χ3v) is 2.32. The zero-order chi connectivity index (χ0) is 4.99. The van der Waals surface area contributed by atoms with Crippen molar-refractivity contribution >= 4 is 19.0 Å².